The fraction of sp³-hybridized carbons (Fsp3) is 0.176. The summed E-state index contributed by atoms with van der Waals surface area (Å²) in [4.78, 5) is 23.8. The summed E-state index contributed by atoms with van der Waals surface area (Å²) in [6, 6.07) is 9.55. The van der Waals surface area contributed by atoms with Crippen LogP contribution in [0.15, 0.2) is 42.5 Å². The highest BCUT2D eigenvalue weighted by Gasteiger charge is 2.21. The van der Waals surface area contributed by atoms with E-state index >= 15 is 0 Å². The van der Waals surface area contributed by atoms with Crippen molar-refractivity contribution in [3.63, 3.8) is 0 Å². The highest BCUT2D eigenvalue weighted by molar-refractivity contribution is 5.97. The minimum atomic E-state index is -1.13. The van der Waals surface area contributed by atoms with Gasteiger partial charge < -0.3 is 10.1 Å². The molecule has 0 aliphatic heterocycles. The molecule has 1 atom stereocenters. The molecule has 0 spiro atoms. The summed E-state index contributed by atoms with van der Waals surface area (Å²) < 4.78 is 31.2. The molecule has 2 rings (SSSR count). The molecule has 0 heterocycles. The predicted octanol–water partition coefficient (Wildman–Crippen LogP) is 3.46. The van der Waals surface area contributed by atoms with Gasteiger partial charge in [0, 0.05) is 11.8 Å². The Labute approximate surface area is 132 Å². The van der Waals surface area contributed by atoms with Gasteiger partial charge in [-0.15, -0.1) is 0 Å². The molecule has 2 aromatic carbocycles. The third kappa shape index (κ3) is 4.35. The molecule has 1 amide bonds. The smallest absolute Gasteiger partial charge is 0.341 e. The zero-order valence-electron chi connectivity index (χ0n) is 12.6. The normalized spacial score (nSPS) is 11.7. The molecule has 0 bridgehead atoms. The van der Waals surface area contributed by atoms with Gasteiger partial charge >= 0.3 is 5.97 Å². The number of halogens is 2. The van der Waals surface area contributed by atoms with Crippen molar-refractivity contribution in [3.05, 3.63) is 65.2 Å². The maximum atomic E-state index is 13.5. The van der Waals surface area contributed by atoms with Crippen LogP contribution in [0.5, 0.6) is 0 Å². The van der Waals surface area contributed by atoms with Gasteiger partial charge in [-0.3, -0.25) is 4.79 Å². The standard InChI is InChI=1S/C17H15F2NO3/c1-10-3-6-13(7-4-10)20-16(21)11(2)23-17(22)14-8-5-12(18)9-15(14)19/h3-9,11H,1-2H3,(H,20,21)/t11-/m1/s1. The number of amides is 1. The lowest BCUT2D eigenvalue weighted by Crippen LogP contribution is -2.30. The Morgan fingerprint density at radius 2 is 1.74 bits per heavy atom. The number of anilines is 1. The van der Waals surface area contributed by atoms with Crippen LogP contribution in [0.3, 0.4) is 0 Å². The van der Waals surface area contributed by atoms with Crippen LogP contribution < -0.4 is 5.32 Å². The third-order valence-electron chi connectivity index (χ3n) is 3.12. The van der Waals surface area contributed by atoms with E-state index in [2.05, 4.69) is 5.32 Å². The highest BCUT2D eigenvalue weighted by Crippen LogP contribution is 2.13. The van der Waals surface area contributed by atoms with E-state index < -0.39 is 35.2 Å². The van der Waals surface area contributed by atoms with Gasteiger partial charge in [0.25, 0.3) is 5.91 Å². The number of ether oxygens (including phenoxy) is 1. The summed E-state index contributed by atoms with van der Waals surface area (Å²) >= 11 is 0. The van der Waals surface area contributed by atoms with Crippen molar-refractivity contribution in [2.75, 3.05) is 5.32 Å². The number of esters is 1. The number of aryl methyl sites for hydroxylation is 1. The molecule has 0 saturated carbocycles. The van der Waals surface area contributed by atoms with E-state index in [9.17, 15) is 18.4 Å². The van der Waals surface area contributed by atoms with E-state index in [1.54, 1.807) is 12.1 Å². The highest BCUT2D eigenvalue weighted by atomic mass is 19.1. The van der Waals surface area contributed by atoms with E-state index in [0.717, 1.165) is 17.7 Å². The van der Waals surface area contributed by atoms with Gasteiger partial charge in [0.2, 0.25) is 0 Å². The maximum Gasteiger partial charge on any atom is 0.341 e. The van der Waals surface area contributed by atoms with Gasteiger partial charge in [0.15, 0.2) is 6.10 Å². The van der Waals surface area contributed by atoms with Crippen LogP contribution in [0, 0.1) is 18.6 Å². The minimum Gasteiger partial charge on any atom is -0.449 e. The molecular weight excluding hydrogens is 304 g/mol. The largest absolute Gasteiger partial charge is 0.449 e. The first kappa shape index (κ1) is 16.6. The minimum absolute atomic E-state index is 0.429. The van der Waals surface area contributed by atoms with Gasteiger partial charge in [0.05, 0.1) is 5.56 Å². The molecule has 6 heteroatoms. The van der Waals surface area contributed by atoms with E-state index in [0.29, 0.717) is 11.8 Å². The molecule has 0 fully saturated rings. The average Bonchev–Trinajstić information content (AvgIpc) is 2.49. The molecule has 0 aliphatic carbocycles. The number of hydrogen-bond donors (Lipinski definition) is 1. The number of carbonyl (C=O) groups is 2. The first-order valence-corrected chi connectivity index (χ1v) is 6.90. The average molecular weight is 319 g/mol. The van der Waals surface area contributed by atoms with Crippen LogP contribution in [-0.4, -0.2) is 18.0 Å². The Morgan fingerprint density at radius 3 is 2.35 bits per heavy atom. The van der Waals surface area contributed by atoms with E-state index in [1.807, 2.05) is 19.1 Å². The molecule has 0 aliphatic rings. The van der Waals surface area contributed by atoms with Crippen LogP contribution in [0.1, 0.15) is 22.8 Å². The van der Waals surface area contributed by atoms with Crippen LogP contribution in [0.4, 0.5) is 14.5 Å². The first-order chi connectivity index (χ1) is 10.9. The number of benzene rings is 2. The van der Waals surface area contributed by atoms with Crippen molar-refractivity contribution in [3.8, 4) is 0 Å². The van der Waals surface area contributed by atoms with Gasteiger partial charge in [-0.05, 0) is 38.1 Å². The van der Waals surface area contributed by atoms with Crippen LogP contribution in [0.2, 0.25) is 0 Å². The second kappa shape index (κ2) is 7.00. The molecule has 23 heavy (non-hydrogen) atoms. The monoisotopic (exact) mass is 319 g/mol. The summed E-state index contributed by atoms with van der Waals surface area (Å²) in [5.41, 5.74) is 1.16. The molecule has 4 nitrogen and oxygen atoms in total. The number of nitrogens with one attached hydrogen (secondary N) is 1. The summed E-state index contributed by atoms with van der Waals surface area (Å²) in [5, 5.41) is 2.58. The molecule has 1 N–H and O–H groups in total. The topological polar surface area (TPSA) is 55.4 Å². The Kier molecular flexibility index (Phi) is 5.05. The summed E-state index contributed by atoms with van der Waals surface area (Å²) in [7, 11) is 0. The van der Waals surface area contributed by atoms with Gasteiger partial charge in [-0.25, -0.2) is 13.6 Å². The van der Waals surface area contributed by atoms with Crippen molar-refractivity contribution in [1.29, 1.82) is 0 Å². The third-order valence-corrected chi connectivity index (χ3v) is 3.12. The lowest BCUT2D eigenvalue weighted by molar-refractivity contribution is -0.123. The fourth-order valence-corrected chi connectivity index (χ4v) is 1.81. The molecule has 120 valence electrons. The Hall–Kier alpha value is -2.76. The lowest BCUT2D eigenvalue weighted by atomic mass is 10.2. The fourth-order valence-electron chi connectivity index (χ4n) is 1.81. The second-order valence-corrected chi connectivity index (χ2v) is 5.03. The van der Waals surface area contributed by atoms with Crippen molar-refractivity contribution >= 4 is 17.6 Å². The summed E-state index contributed by atoms with van der Waals surface area (Å²) in [6.45, 7) is 3.27. The van der Waals surface area contributed by atoms with Gasteiger partial charge in [-0.1, -0.05) is 17.7 Å². The number of hydrogen-bond acceptors (Lipinski definition) is 3. The SMILES string of the molecule is Cc1ccc(NC(=O)[C@@H](C)OC(=O)c2ccc(F)cc2F)cc1. The molecule has 0 radical (unpaired) electrons. The van der Waals surface area contributed by atoms with Gasteiger partial charge in [-0.2, -0.15) is 0 Å². The number of rotatable bonds is 4. The van der Waals surface area contributed by atoms with Crippen molar-refractivity contribution in [1.82, 2.24) is 0 Å². The molecule has 2 aromatic rings. The van der Waals surface area contributed by atoms with Gasteiger partial charge in [0.1, 0.15) is 11.6 Å². The van der Waals surface area contributed by atoms with E-state index in [4.69, 9.17) is 4.74 Å². The first-order valence-electron chi connectivity index (χ1n) is 6.90. The zero-order chi connectivity index (χ0) is 17.0. The predicted molar refractivity (Wildman–Crippen MR) is 81.0 cm³/mol. The van der Waals surface area contributed by atoms with Crippen molar-refractivity contribution in [2.24, 2.45) is 0 Å². The Balaban J connectivity index is 2.00. The molecule has 0 aromatic heterocycles. The number of carbonyl (C=O) groups excluding carboxylic acids is 2. The van der Waals surface area contributed by atoms with Crippen LogP contribution in [0.25, 0.3) is 0 Å². The lowest BCUT2D eigenvalue weighted by Gasteiger charge is -2.14. The molecular formula is C17H15F2NO3. The molecule has 0 unspecified atom stereocenters. The zero-order valence-corrected chi connectivity index (χ0v) is 12.6. The summed E-state index contributed by atoms with van der Waals surface area (Å²) in [6.07, 6.45) is -1.13. The quantitative estimate of drug-likeness (QED) is 0.878. The van der Waals surface area contributed by atoms with Crippen molar-refractivity contribution in [2.45, 2.75) is 20.0 Å². The van der Waals surface area contributed by atoms with Crippen LogP contribution in [-0.2, 0) is 9.53 Å². The Bertz CT molecular complexity index is 729. The van der Waals surface area contributed by atoms with E-state index in [1.165, 1.54) is 6.92 Å². The van der Waals surface area contributed by atoms with Crippen LogP contribution >= 0.6 is 0 Å². The summed E-state index contributed by atoms with van der Waals surface area (Å²) in [5.74, 6) is -3.43. The molecule has 0 saturated heterocycles. The van der Waals surface area contributed by atoms with Crippen molar-refractivity contribution < 1.29 is 23.1 Å². The van der Waals surface area contributed by atoms with E-state index in [-0.39, 0.29) is 0 Å². The maximum absolute atomic E-state index is 13.5. The second-order valence-electron chi connectivity index (χ2n) is 5.03. The Morgan fingerprint density at radius 1 is 1.09 bits per heavy atom.